The average molecular weight is 234 g/mol. The summed E-state index contributed by atoms with van der Waals surface area (Å²) < 4.78 is 0. The molecule has 1 aliphatic heterocycles. The van der Waals surface area contributed by atoms with E-state index in [-0.39, 0.29) is 5.92 Å². The molecule has 2 atom stereocenters. The van der Waals surface area contributed by atoms with Gasteiger partial charge in [0.25, 0.3) is 0 Å². The first kappa shape index (κ1) is 11.9. The molecule has 0 aromatic heterocycles. The van der Waals surface area contributed by atoms with Crippen LogP contribution >= 0.6 is 0 Å². The van der Waals surface area contributed by atoms with Gasteiger partial charge in [-0.1, -0.05) is 18.2 Å². The molecular weight excluding hydrogens is 216 g/mol. The Labute approximate surface area is 101 Å². The number of carboxylic acids is 1. The first-order valence-electron chi connectivity index (χ1n) is 5.92. The van der Waals surface area contributed by atoms with Gasteiger partial charge in [-0.15, -0.1) is 0 Å². The number of hydrogen-bond donors (Lipinski definition) is 2. The first-order chi connectivity index (χ1) is 8.22. The number of aliphatic carboxylic acids is 1. The summed E-state index contributed by atoms with van der Waals surface area (Å²) in [5.41, 5.74) is 1.18. The number of para-hydroxylation sites is 1. The number of likely N-dealkylation sites (N-methyl/N-ethyl adjacent to an activating group) is 1. The van der Waals surface area contributed by atoms with Gasteiger partial charge in [-0.3, -0.25) is 4.79 Å². The van der Waals surface area contributed by atoms with Crippen molar-refractivity contribution in [2.45, 2.75) is 12.5 Å². The minimum atomic E-state index is -0.757. The molecule has 1 aromatic rings. The minimum Gasteiger partial charge on any atom is -0.480 e. The summed E-state index contributed by atoms with van der Waals surface area (Å²) in [6.07, 6.45) is 0.923. The highest BCUT2D eigenvalue weighted by atomic mass is 16.4. The number of anilines is 1. The summed E-state index contributed by atoms with van der Waals surface area (Å²) in [7, 11) is 1.71. The van der Waals surface area contributed by atoms with Crippen molar-refractivity contribution in [3.05, 3.63) is 30.3 Å². The van der Waals surface area contributed by atoms with Crippen LogP contribution in [0.2, 0.25) is 0 Å². The Morgan fingerprint density at radius 3 is 2.76 bits per heavy atom. The summed E-state index contributed by atoms with van der Waals surface area (Å²) in [5.74, 6) is -0.579. The molecule has 4 nitrogen and oxygen atoms in total. The lowest BCUT2D eigenvalue weighted by Crippen LogP contribution is -2.41. The smallest absolute Gasteiger partial charge is 0.321 e. The molecule has 4 heteroatoms. The van der Waals surface area contributed by atoms with E-state index in [2.05, 4.69) is 22.3 Å². The van der Waals surface area contributed by atoms with Crippen molar-refractivity contribution in [1.82, 2.24) is 5.32 Å². The number of nitrogens with zero attached hydrogens (tertiary/aromatic N) is 1. The van der Waals surface area contributed by atoms with Crippen molar-refractivity contribution in [3.8, 4) is 0 Å². The number of nitrogens with one attached hydrogen (secondary N) is 1. The van der Waals surface area contributed by atoms with Gasteiger partial charge in [-0.05, 0) is 25.6 Å². The van der Waals surface area contributed by atoms with Crippen molar-refractivity contribution in [2.75, 3.05) is 25.0 Å². The molecular formula is C13H18N2O2. The van der Waals surface area contributed by atoms with E-state index >= 15 is 0 Å². The van der Waals surface area contributed by atoms with Crippen molar-refractivity contribution in [3.63, 3.8) is 0 Å². The average Bonchev–Trinajstić information content (AvgIpc) is 2.80. The van der Waals surface area contributed by atoms with Crippen LogP contribution in [0.1, 0.15) is 6.42 Å². The molecule has 0 radical (unpaired) electrons. The van der Waals surface area contributed by atoms with Crippen molar-refractivity contribution < 1.29 is 9.90 Å². The number of benzene rings is 1. The number of hydrogen-bond acceptors (Lipinski definition) is 3. The zero-order chi connectivity index (χ0) is 12.3. The molecule has 92 valence electrons. The molecule has 0 aliphatic carbocycles. The maximum atomic E-state index is 11.1. The van der Waals surface area contributed by atoms with Crippen LogP contribution in [-0.4, -0.2) is 37.3 Å². The number of carboxylic acid groups (broad SMARTS) is 1. The number of carbonyl (C=O) groups is 1. The van der Waals surface area contributed by atoms with Crippen LogP contribution in [0, 0.1) is 5.92 Å². The van der Waals surface area contributed by atoms with Crippen LogP contribution in [0.15, 0.2) is 30.3 Å². The van der Waals surface area contributed by atoms with E-state index in [1.54, 1.807) is 7.05 Å². The largest absolute Gasteiger partial charge is 0.480 e. The van der Waals surface area contributed by atoms with E-state index in [4.69, 9.17) is 5.11 Å². The Morgan fingerprint density at radius 2 is 2.18 bits per heavy atom. The third-order valence-electron chi connectivity index (χ3n) is 3.39. The van der Waals surface area contributed by atoms with Gasteiger partial charge in [-0.2, -0.15) is 0 Å². The predicted octanol–water partition coefficient (Wildman–Crippen LogP) is 1.19. The Kier molecular flexibility index (Phi) is 3.64. The summed E-state index contributed by atoms with van der Waals surface area (Å²) in [6.45, 7) is 1.74. The van der Waals surface area contributed by atoms with Gasteiger partial charge in [-0.25, -0.2) is 0 Å². The molecule has 1 heterocycles. The summed E-state index contributed by atoms with van der Waals surface area (Å²) in [4.78, 5) is 13.3. The van der Waals surface area contributed by atoms with Crippen LogP contribution in [0.4, 0.5) is 5.69 Å². The maximum Gasteiger partial charge on any atom is 0.321 e. The summed E-state index contributed by atoms with van der Waals surface area (Å²) in [5, 5.41) is 12.0. The van der Waals surface area contributed by atoms with E-state index < -0.39 is 12.0 Å². The fourth-order valence-corrected chi connectivity index (χ4v) is 2.49. The highest BCUT2D eigenvalue weighted by Crippen LogP contribution is 2.25. The fraction of sp³-hybridized carbons (Fsp3) is 0.462. The molecule has 1 fully saturated rings. The Morgan fingerprint density at radius 1 is 1.47 bits per heavy atom. The second-order valence-electron chi connectivity index (χ2n) is 4.43. The Hall–Kier alpha value is -1.55. The van der Waals surface area contributed by atoms with Crippen molar-refractivity contribution in [1.29, 1.82) is 0 Å². The van der Waals surface area contributed by atoms with Crippen LogP contribution in [0.3, 0.4) is 0 Å². The molecule has 2 N–H and O–H groups in total. The van der Waals surface area contributed by atoms with E-state index in [0.717, 1.165) is 19.5 Å². The predicted molar refractivity (Wildman–Crippen MR) is 67.2 cm³/mol. The lowest BCUT2D eigenvalue weighted by atomic mass is 9.99. The molecule has 1 saturated heterocycles. The monoisotopic (exact) mass is 234 g/mol. The minimum absolute atomic E-state index is 0.178. The molecule has 17 heavy (non-hydrogen) atoms. The third kappa shape index (κ3) is 2.58. The van der Waals surface area contributed by atoms with Crippen LogP contribution in [0.5, 0.6) is 0 Å². The molecule has 1 aliphatic rings. The van der Waals surface area contributed by atoms with Crippen molar-refractivity contribution in [2.24, 2.45) is 5.92 Å². The van der Waals surface area contributed by atoms with Gasteiger partial charge >= 0.3 is 5.97 Å². The highest BCUT2D eigenvalue weighted by Gasteiger charge is 2.32. The molecule has 0 spiro atoms. The van der Waals surface area contributed by atoms with Gasteiger partial charge in [0, 0.05) is 24.7 Å². The van der Waals surface area contributed by atoms with Crippen LogP contribution in [-0.2, 0) is 4.79 Å². The lowest BCUT2D eigenvalue weighted by Gasteiger charge is -2.21. The lowest BCUT2D eigenvalue weighted by molar-refractivity contribution is -0.140. The highest BCUT2D eigenvalue weighted by molar-refractivity contribution is 5.74. The Balaban J connectivity index is 2.02. The van der Waals surface area contributed by atoms with Gasteiger partial charge in [0.05, 0.1) is 0 Å². The quantitative estimate of drug-likeness (QED) is 0.821. The summed E-state index contributed by atoms with van der Waals surface area (Å²) in [6, 6.07) is 9.70. The second kappa shape index (κ2) is 5.19. The van der Waals surface area contributed by atoms with Crippen LogP contribution < -0.4 is 10.2 Å². The third-order valence-corrected chi connectivity index (χ3v) is 3.39. The van der Waals surface area contributed by atoms with Gasteiger partial charge in [0.15, 0.2) is 0 Å². The normalized spacial score (nSPS) is 21.5. The maximum absolute atomic E-state index is 11.1. The molecule has 0 bridgehead atoms. The topological polar surface area (TPSA) is 52.6 Å². The standard InChI is InChI=1S/C13H18N2O2/c1-14-12(13(16)17)10-7-8-15(9-10)11-5-3-2-4-6-11/h2-6,10,12,14H,7-9H2,1H3,(H,16,17). The van der Waals surface area contributed by atoms with Gasteiger partial charge < -0.3 is 15.3 Å². The SMILES string of the molecule is CNC(C(=O)O)C1CCN(c2ccccc2)C1. The van der Waals surface area contributed by atoms with Crippen LogP contribution in [0.25, 0.3) is 0 Å². The first-order valence-corrected chi connectivity index (χ1v) is 5.92. The molecule has 0 saturated carbocycles. The van der Waals surface area contributed by atoms with E-state index in [1.807, 2.05) is 18.2 Å². The van der Waals surface area contributed by atoms with Gasteiger partial charge in [0.2, 0.25) is 0 Å². The number of rotatable bonds is 4. The van der Waals surface area contributed by atoms with E-state index in [0.29, 0.717) is 0 Å². The Bertz CT molecular complexity index is 380. The zero-order valence-electron chi connectivity index (χ0n) is 9.97. The summed E-state index contributed by atoms with van der Waals surface area (Å²) >= 11 is 0. The molecule has 2 rings (SSSR count). The van der Waals surface area contributed by atoms with Gasteiger partial charge in [0.1, 0.15) is 6.04 Å². The zero-order valence-corrected chi connectivity index (χ0v) is 9.97. The molecule has 0 amide bonds. The molecule has 1 aromatic carbocycles. The fourth-order valence-electron chi connectivity index (χ4n) is 2.49. The second-order valence-corrected chi connectivity index (χ2v) is 4.43. The molecule has 2 unspecified atom stereocenters. The van der Waals surface area contributed by atoms with E-state index in [9.17, 15) is 4.79 Å². The van der Waals surface area contributed by atoms with Crippen molar-refractivity contribution >= 4 is 11.7 Å². The van der Waals surface area contributed by atoms with E-state index in [1.165, 1.54) is 5.69 Å².